The second kappa shape index (κ2) is 3.44. The summed E-state index contributed by atoms with van der Waals surface area (Å²) >= 11 is 0. The van der Waals surface area contributed by atoms with E-state index >= 15 is 0 Å². The Balaban J connectivity index is 2.73. The van der Waals surface area contributed by atoms with E-state index in [0.717, 1.165) is 10.4 Å². The number of hydrogen-bond acceptors (Lipinski definition) is 4. The Morgan fingerprint density at radius 3 is 2.81 bits per heavy atom. The van der Waals surface area contributed by atoms with Crippen molar-refractivity contribution < 1.29 is 9.90 Å². The SMILES string of the molecule is Cc1cc2nn(CC(=O)O)c(=O)n2c(C)n1. The van der Waals surface area contributed by atoms with Gasteiger partial charge in [-0.15, -0.1) is 5.10 Å². The fraction of sp³-hybridized carbons (Fsp3) is 0.333. The molecule has 2 rings (SSSR count). The molecule has 0 aliphatic rings. The summed E-state index contributed by atoms with van der Waals surface area (Å²) in [5.74, 6) is -0.607. The van der Waals surface area contributed by atoms with E-state index < -0.39 is 18.2 Å². The summed E-state index contributed by atoms with van der Waals surface area (Å²) in [5.41, 5.74) is 0.663. The average Bonchev–Trinajstić information content (AvgIpc) is 2.41. The molecule has 0 fully saturated rings. The summed E-state index contributed by atoms with van der Waals surface area (Å²) in [6, 6.07) is 1.63. The summed E-state index contributed by atoms with van der Waals surface area (Å²) in [6.45, 7) is 3.01. The van der Waals surface area contributed by atoms with Crippen LogP contribution in [0.4, 0.5) is 0 Å². The zero-order chi connectivity index (χ0) is 11.9. The summed E-state index contributed by atoms with van der Waals surface area (Å²) in [5, 5.41) is 12.5. The molecule has 0 aromatic carbocycles. The Bertz CT molecular complexity index is 625. The van der Waals surface area contributed by atoms with E-state index in [1.807, 2.05) is 0 Å². The molecule has 16 heavy (non-hydrogen) atoms. The third-order valence-electron chi connectivity index (χ3n) is 2.15. The molecule has 84 valence electrons. The number of fused-ring (bicyclic) bond motifs is 1. The van der Waals surface area contributed by atoms with Crippen molar-refractivity contribution in [2.75, 3.05) is 0 Å². The number of nitrogens with zero attached hydrogens (tertiary/aromatic N) is 4. The van der Waals surface area contributed by atoms with E-state index in [-0.39, 0.29) is 0 Å². The van der Waals surface area contributed by atoms with E-state index in [2.05, 4.69) is 10.1 Å². The molecule has 0 spiro atoms. The molecule has 0 atom stereocenters. The molecular formula is C9H10N4O3. The predicted molar refractivity (Wildman–Crippen MR) is 54.4 cm³/mol. The first kappa shape index (κ1) is 10.3. The fourth-order valence-corrected chi connectivity index (χ4v) is 1.58. The van der Waals surface area contributed by atoms with Crippen LogP contribution in [0, 0.1) is 13.8 Å². The minimum atomic E-state index is -1.10. The third kappa shape index (κ3) is 1.56. The van der Waals surface area contributed by atoms with Crippen molar-refractivity contribution in [3.05, 3.63) is 28.1 Å². The summed E-state index contributed by atoms with van der Waals surface area (Å²) in [7, 11) is 0. The van der Waals surface area contributed by atoms with Gasteiger partial charge in [0.05, 0.1) is 0 Å². The highest BCUT2D eigenvalue weighted by atomic mass is 16.4. The number of aryl methyl sites for hydroxylation is 2. The Morgan fingerprint density at radius 1 is 1.50 bits per heavy atom. The molecule has 2 heterocycles. The maximum Gasteiger partial charge on any atom is 0.352 e. The van der Waals surface area contributed by atoms with Crippen LogP contribution in [0.2, 0.25) is 0 Å². The van der Waals surface area contributed by atoms with Gasteiger partial charge in [-0.1, -0.05) is 0 Å². The molecule has 0 radical (unpaired) electrons. The van der Waals surface area contributed by atoms with Gasteiger partial charge in [0.15, 0.2) is 5.65 Å². The smallest absolute Gasteiger partial charge is 0.352 e. The van der Waals surface area contributed by atoms with Crippen molar-refractivity contribution in [3.8, 4) is 0 Å². The second-order valence-electron chi connectivity index (χ2n) is 3.47. The number of aromatic nitrogens is 4. The van der Waals surface area contributed by atoms with E-state index in [4.69, 9.17) is 5.11 Å². The first-order valence-corrected chi connectivity index (χ1v) is 4.64. The minimum absolute atomic E-state index is 0.413. The molecule has 7 nitrogen and oxygen atoms in total. The monoisotopic (exact) mass is 222 g/mol. The lowest BCUT2D eigenvalue weighted by Crippen LogP contribution is -2.25. The van der Waals surface area contributed by atoms with Crippen molar-refractivity contribution in [3.63, 3.8) is 0 Å². The summed E-state index contributed by atoms with van der Waals surface area (Å²) < 4.78 is 2.20. The largest absolute Gasteiger partial charge is 0.480 e. The van der Waals surface area contributed by atoms with Crippen LogP contribution in [0.5, 0.6) is 0 Å². The van der Waals surface area contributed by atoms with Crippen molar-refractivity contribution >= 4 is 11.6 Å². The first-order chi connectivity index (χ1) is 7.49. The molecule has 0 aliphatic heterocycles. The quantitative estimate of drug-likeness (QED) is 0.746. The maximum atomic E-state index is 11.8. The van der Waals surface area contributed by atoms with Gasteiger partial charge in [0.1, 0.15) is 12.4 Å². The highest BCUT2D eigenvalue weighted by Gasteiger charge is 2.12. The summed E-state index contributed by atoms with van der Waals surface area (Å²) in [6.07, 6.45) is 0. The maximum absolute atomic E-state index is 11.8. The molecule has 0 saturated carbocycles. The standard InChI is InChI=1S/C9H10N4O3/c1-5-3-7-11-12(4-8(14)15)9(16)13(7)6(2)10-5/h3H,4H2,1-2H3,(H,14,15). The summed E-state index contributed by atoms with van der Waals surface area (Å²) in [4.78, 5) is 26.4. The van der Waals surface area contributed by atoms with E-state index in [1.165, 1.54) is 4.40 Å². The van der Waals surface area contributed by atoms with E-state index in [9.17, 15) is 9.59 Å². The molecule has 2 aromatic rings. The number of carbonyl (C=O) groups is 1. The topological polar surface area (TPSA) is 89.5 Å². The Kier molecular flexibility index (Phi) is 2.22. The Hall–Kier alpha value is -2.18. The Morgan fingerprint density at radius 2 is 2.19 bits per heavy atom. The van der Waals surface area contributed by atoms with Crippen molar-refractivity contribution in [1.82, 2.24) is 19.2 Å². The number of rotatable bonds is 2. The minimum Gasteiger partial charge on any atom is -0.480 e. The van der Waals surface area contributed by atoms with Gasteiger partial charge >= 0.3 is 11.7 Å². The lowest BCUT2D eigenvalue weighted by atomic mass is 10.4. The zero-order valence-corrected chi connectivity index (χ0v) is 8.84. The van der Waals surface area contributed by atoms with Gasteiger partial charge in [-0.3, -0.25) is 4.79 Å². The molecule has 0 amide bonds. The molecule has 0 unspecified atom stereocenters. The van der Waals surface area contributed by atoms with Gasteiger partial charge in [0.2, 0.25) is 0 Å². The van der Waals surface area contributed by atoms with Crippen molar-refractivity contribution in [1.29, 1.82) is 0 Å². The molecular weight excluding hydrogens is 212 g/mol. The van der Waals surface area contributed by atoms with E-state index in [1.54, 1.807) is 19.9 Å². The lowest BCUT2D eigenvalue weighted by Gasteiger charge is -1.97. The molecule has 0 aliphatic carbocycles. The van der Waals surface area contributed by atoms with Crippen LogP contribution in [0.1, 0.15) is 11.5 Å². The Labute approximate surface area is 90.0 Å². The highest BCUT2D eigenvalue weighted by Crippen LogP contribution is 2.02. The molecule has 0 saturated heterocycles. The molecule has 0 bridgehead atoms. The molecule has 7 heteroatoms. The van der Waals surface area contributed by atoms with Gasteiger partial charge in [-0.25, -0.2) is 18.9 Å². The lowest BCUT2D eigenvalue weighted by molar-refractivity contribution is -0.137. The van der Waals surface area contributed by atoms with Crippen molar-refractivity contribution in [2.24, 2.45) is 0 Å². The average molecular weight is 222 g/mol. The van der Waals surface area contributed by atoms with Crippen molar-refractivity contribution in [2.45, 2.75) is 20.4 Å². The highest BCUT2D eigenvalue weighted by molar-refractivity contribution is 5.66. The van der Waals surface area contributed by atoms with Crippen LogP contribution >= 0.6 is 0 Å². The third-order valence-corrected chi connectivity index (χ3v) is 2.15. The number of aliphatic carboxylic acids is 1. The normalized spacial score (nSPS) is 10.9. The van der Waals surface area contributed by atoms with Gasteiger partial charge < -0.3 is 5.11 Å². The van der Waals surface area contributed by atoms with Crippen LogP contribution < -0.4 is 5.69 Å². The van der Waals surface area contributed by atoms with E-state index in [0.29, 0.717) is 11.5 Å². The number of hydrogen-bond donors (Lipinski definition) is 1. The van der Waals surface area contributed by atoms with Gasteiger partial charge in [0, 0.05) is 11.8 Å². The van der Waals surface area contributed by atoms with Gasteiger partial charge in [-0.05, 0) is 13.8 Å². The molecule has 2 aromatic heterocycles. The van der Waals surface area contributed by atoms with Gasteiger partial charge in [0.25, 0.3) is 0 Å². The van der Waals surface area contributed by atoms with Crippen LogP contribution in [0.25, 0.3) is 5.65 Å². The van der Waals surface area contributed by atoms with Crippen LogP contribution in [0.3, 0.4) is 0 Å². The molecule has 1 N–H and O–H groups in total. The predicted octanol–water partition coefficient (Wildman–Crippen LogP) is -0.408. The first-order valence-electron chi connectivity index (χ1n) is 4.64. The fourth-order valence-electron chi connectivity index (χ4n) is 1.58. The number of carboxylic acids is 1. The van der Waals surface area contributed by atoms with Crippen LogP contribution in [-0.4, -0.2) is 30.2 Å². The van der Waals surface area contributed by atoms with Crippen LogP contribution in [-0.2, 0) is 11.3 Å². The van der Waals surface area contributed by atoms with Gasteiger partial charge in [-0.2, -0.15) is 0 Å². The second-order valence-corrected chi connectivity index (χ2v) is 3.47. The zero-order valence-electron chi connectivity index (χ0n) is 8.84. The number of carboxylic acid groups (broad SMARTS) is 1. The van der Waals surface area contributed by atoms with Crippen LogP contribution in [0.15, 0.2) is 10.9 Å².